The van der Waals surface area contributed by atoms with Crippen LogP contribution in [0.5, 0.6) is 0 Å². The Labute approximate surface area is 85.5 Å². The lowest BCUT2D eigenvalue weighted by atomic mass is 9.89. The van der Waals surface area contributed by atoms with Crippen molar-refractivity contribution in [2.75, 3.05) is 20.1 Å². The van der Waals surface area contributed by atoms with Crippen molar-refractivity contribution in [3.63, 3.8) is 0 Å². The zero-order chi connectivity index (χ0) is 10.9. The first-order valence-electron chi connectivity index (χ1n) is 5.88. The number of piperidine rings is 1. The summed E-state index contributed by atoms with van der Waals surface area (Å²) in [5.41, 5.74) is 0. The topological polar surface area (TPSA) is 3.24 Å². The first kappa shape index (κ1) is 15.4. The van der Waals surface area contributed by atoms with Gasteiger partial charge in [0.15, 0.2) is 0 Å². The van der Waals surface area contributed by atoms with Crippen molar-refractivity contribution in [3.8, 4) is 0 Å². The summed E-state index contributed by atoms with van der Waals surface area (Å²) in [4.78, 5) is 2.42. The van der Waals surface area contributed by atoms with E-state index < -0.39 is 0 Å². The van der Waals surface area contributed by atoms with Gasteiger partial charge in [-0.25, -0.2) is 0 Å². The Morgan fingerprint density at radius 2 is 1.38 bits per heavy atom. The molecule has 1 fully saturated rings. The predicted octanol–water partition coefficient (Wildman–Crippen LogP) is 3.65. The van der Waals surface area contributed by atoms with Crippen LogP contribution in [-0.4, -0.2) is 25.0 Å². The van der Waals surface area contributed by atoms with Gasteiger partial charge in [-0.2, -0.15) is 0 Å². The minimum absolute atomic E-state index is 0.906. The Bertz CT molecular complexity index is 91.1. The van der Waals surface area contributed by atoms with E-state index in [0.29, 0.717) is 0 Å². The molecule has 0 amide bonds. The molecule has 1 heteroatoms. The van der Waals surface area contributed by atoms with E-state index in [1.54, 1.807) is 0 Å². The van der Waals surface area contributed by atoms with Crippen molar-refractivity contribution in [3.05, 3.63) is 0 Å². The van der Waals surface area contributed by atoms with E-state index in [9.17, 15) is 0 Å². The van der Waals surface area contributed by atoms with Gasteiger partial charge in [0.25, 0.3) is 0 Å². The quantitative estimate of drug-likeness (QED) is 0.559. The van der Waals surface area contributed by atoms with Crippen molar-refractivity contribution < 1.29 is 0 Å². The van der Waals surface area contributed by atoms with Crippen LogP contribution in [-0.2, 0) is 0 Å². The third-order valence-corrected chi connectivity index (χ3v) is 2.54. The maximum atomic E-state index is 2.42. The smallest absolute Gasteiger partial charge is 0.000652 e. The molecule has 1 nitrogen and oxygen atoms in total. The molecule has 0 bridgehead atoms. The maximum Gasteiger partial charge on any atom is 0.000652 e. The number of hydrogen-bond acceptors (Lipinski definition) is 1. The van der Waals surface area contributed by atoms with E-state index in [2.05, 4.69) is 25.8 Å². The van der Waals surface area contributed by atoms with Gasteiger partial charge in [0, 0.05) is 6.54 Å². The lowest BCUT2D eigenvalue weighted by Gasteiger charge is -2.32. The molecule has 1 rings (SSSR count). The van der Waals surface area contributed by atoms with E-state index in [1.165, 1.54) is 19.5 Å². The lowest BCUT2D eigenvalue weighted by Crippen LogP contribution is -2.35. The predicted molar refractivity (Wildman–Crippen MR) is 63.1 cm³/mol. The van der Waals surface area contributed by atoms with Gasteiger partial charge in [-0.05, 0) is 31.8 Å². The van der Waals surface area contributed by atoms with E-state index in [-0.39, 0.29) is 0 Å². The second-order valence-corrected chi connectivity index (χ2v) is 3.51. The molecule has 0 N–H and O–H groups in total. The molecular formula is C12H29N. The van der Waals surface area contributed by atoms with Crippen molar-refractivity contribution in [1.82, 2.24) is 4.90 Å². The van der Waals surface area contributed by atoms with Gasteiger partial charge < -0.3 is 4.90 Å². The number of likely N-dealkylation sites (tertiary alicyclic amines) is 1. The molecule has 2 unspecified atom stereocenters. The highest BCUT2D eigenvalue weighted by molar-refractivity contribution is 4.72. The second kappa shape index (κ2) is 10.0. The molecule has 1 aliphatic heterocycles. The number of rotatable bonds is 0. The molecular weight excluding hydrogens is 158 g/mol. The normalized spacial score (nSPS) is 27.9. The molecule has 0 aromatic rings. The highest BCUT2D eigenvalue weighted by Crippen LogP contribution is 2.20. The standard InChI is InChI=1S/C8H17N.2C2H6/c1-7-4-5-9(3)6-8(7)2;2*1-2/h7-8H,4-6H2,1-3H3;2*1-2H3. The summed E-state index contributed by atoms with van der Waals surface area (Å²) in [5.74, 6) is 1.85. The minimum Gasteiger partial charge on any atom is -0.306 e. The highest BCUT2D eigenvalue weighted by atomic mass is 15.1. The Morgan fingerprint density at radius 1 is 0.923 bits per heavy atom. The van der Waals surface area contributed by atoms with Crippen molar-refractivity contribution in [2.45, 2.75) is 48.0 Å². The van der Waals surface area contributed by atoms with Crippen LogP contribution in [0.2, 0.25) is 0 Å². The molecule has 0 aliphatic carbocycles. The fourth-order valence-corrected chi connectivity index (χ4v) is 1.47. The average molecular weight is 187 g/mol. The third-order valence-electron chi connectivity index (χ3n) is 2.54. The van der Waals surface area contributed by atoms with Gasteiger partial charge in [-0.1, -0.05) is 41.5 Å². The van der Waals surface area contributed by atoms with E-state index in [1.807, 2.05) is 27.7 Å². The van der Waals surface area contributed by atoms with Crippen LogP contribution in [0.25, 0.3) is 0 Å². The van der Waals surface area contributed by atoms with Gasteiger partial charge in [0.1, 0.15) is 0 Å². The molecule has 1 aliphatic rings. The molecule has 0 saturated carbocycles. The van der Waals surface area contributed by atoms with Crippen LogP contribution < -0.4 is 0 Å². The summed E-state index contributed by atoms with van der Waals surface area (Å²) in [5, 5.41) is 0. The summed E-state index contributed by atoms with van der Waals surface area (Å²) >= 11 is 0. The van der Waals surface area contributed by atoms with Crippen LogP contribution in [0.4, 0.5) is 0 Å². The van der Waals surface area contributed by atoms with Crippen molar-refractivity contribution in [1.29, 1.82) is 0 Å². The van der Waals surface area contributed by atoms with E-state index >= 15 is 0 Å². The largest absolute Gasteiger partial charge is 0.306 e. The van der Waals surface area contributed by atoms with E-state index in [0.717, 1.165) is 11.8 Å². The third kappa shape index (κ3) is 7.06. The molecule has 0 aromatic carbocycles. The molecule has 2 atom stereocenters. The summed E-state index contributed by atoms with van der Waals surface area (Å²) in [6, 6.07) is 0. The fraction of sp³-hybridized carbons (Fsp3) is 1.00. The second-order valence-electron chi connectivity index (χ2n) is 3.51. The van der Waals surface area contributed by atoms with Crippen LogP contribution in [0.3, 0.4) is 0 Å². The molecule has 1 saturated heterocycles. The summed E-state index contributed by atoms with van der Waals surface area (Å²) in [6.07, 6.45) is 1.39. The summed E-state index contributed by atoms with van der Waals surface area (Å²) in [7, 11) is 2.21. The van der Waals surface area contributed by atoms with E-state index in [4.69, 9.17) is 0 Å². The van der Waals surface area contributed by atoms with Crippen molar-refractivity contribution in [2.24, 2.45) is 11.8 Å². The van der Waals surface area contributed by atoms with Gasteiger partial charge in [-0.15, -0.1) is 0 Å². The molecule has 82 valence electrons. The van der Waals surface area contributed by atoms with Gasteiger partial charge in [0.2, 0.25) is 0 Å². The van der Waals surface area contributed by atoms with Crippen LogP contribution in [0.15, 0.2) is 0 Å². The fourth-order valence-electron chi connectivity index (χ4n) is 1.47. The number of nitrogens with zero attached hydrogens (tertiary/aromatic N) is 1. The summed E-state index contributed by atoms with van der Waals surface area (Å²) in [6.45, 7) is 15.3. The van der Waals surface area contributed by atoms with Crippen LogP contribution in [0.1, 0.15) is 48.0 Å². The molecule has 0 spiro atoms. The highest BCUT2D eigenvalue weighted by Gasteiger charge is 2.19. The Hall–Kier alpha value is -0.0400. The maximum absolute atomic E-state index is 2.42. The number of hydrogen-bond donors (Lipinski definition) is 0. The Kier molecular flexibility index (Phi) is 11.9. The SMILES string of the molecule is CC.CC.CC1CCN(C)CC1C. The molecule has 1 heterocycles. The monoisotopic (exact) mass is 187 g/mol. The minimum atomic E-state index is 0.906. The van der Waals surface area contributed by atoms with Crippen LogP contribution in [0, 0.1) is 11.8 Å². The first-order valence-corrected chi connectivity index (χ1v) is 5.88. The zero-order valence-corrected chi connectivity index (χ0v) is 10.7. The van der Waals surface area contributed by atoms with Crippen LogP contribution >= 0.6 is 0 Å². The molecule has 0 aromatic heterocycles. The summed E-state index contributed by atoms with van der Waals surface area (Å²) < 4.78 is 0. The molecule has 13 heavy (non-hydrogen) atoms. The Balaban J connectivity index is 0. The first-order chi connectivity index (χ1) is 6.20. The Morgan fingerprint density at radius 3 is 1.69 bits per heavy atom. The lowest BCUT2D eigenvalue weighted by molar-refractivity contribution is 0.166. The van der Waals surface area contributed by atoms with Gasteiger partial charge in [0.05, 0.1) is 0 Å². The van der Waals surface area contributed by atoms with Gasteiger partial charge >= 0.3 is 0 Å². The zero-order valence-electron chi connectivity index (χ0n) is 10.7. The van der Waals surface area contributed by atoms with Crippen molar-refractivity contribution >= 4 is 0 Å². The van der Waals surface area contributed by atoms with Gasteiger partial charge in [-0.3, -0.25) is 0 Å². The molecule has 0 radical (unpaired) electrons. The average Bonchev–Trinajstić information content (AvgIpc) is 2.18.